The Kier molecular flexibility index (Phi) is 6.60. The van der Waals surface area contributed by atoms with Crippen molar-refractivity contribution in [1.29, 1.82) is 0 Å². The summed E-state index contributed by atoms with van der Waals surface area (Å²) in [4.78, 5) is 0.140. The zero-order chi connectivity index (χ0) is 25.0. The van der Waals surface area contributed by atoms with Gasteiger partial charge in [0.1, 0.15) is 13.2 Å². The van der Waals surface area contributed by atoms with E-state index in [9.17, 15) is 8.42 Å². The molecule has 1 N–H and O–H groups in total. The predicted octanol–water partition coefficient (Wildman–Crippen LogP) is 5.15. The second kappa shape index (κ2) is 10.1. The van der Waals surface area contributed by atoms with Crippen LogP contribution in [0.15, 0.2) is 113 Å². The molecule has 0 spiro atoms. The molecule has 4 aromatic carbocycles. The SMILES string of the molecule is CN(c1ccc2c(c1)OCCO2)S(=O)(=O)c1cccc(NN=C(c2ccccc2)c2ccccc2)c1. The molecule has 36 heavy (non-hydrogen) atoms. The molecule has 8 heteroatoms. The molecule has 0 saturated carbocycles. The minimum Gasteiger partial charge on any atom is -0.486 e. The topological polar surface area (TPSA) is 80.2 Å². The number of nitrogens with zero attached hydrogens (tertiary/aromatic N) is 2. The third-order valence-corrected chi connectivity index (χ3v) is 7.55. The Hall–Kier alpha value is -4.30. The number of hydrogen-bond donors (Lipinski definition) is 1. The molecule has 0 amide bonds. The Morgan fingerprint density at radius 3 is 2.08 bits per heavy atom. The molecule has 182 valence electrons. The summed E-state index contributed by atoms with van der Waals surface area (Å²) in [5, 5.41) is 4.64. The highest BCUT2D eigenvalue weighted by atomic mass is 32.2. The van der Waals surface area contributed by atoms with Crippen LogP contribution in [0.1, 0.15) is 11.1 Å². The van der Waals surface area contributed by atoms with E-state index in [1.807, 2.05) is 60.7 Å². The number of hydrogen-bond acceptors (Lipinski definition) is 6. The van der Waals surface area contributed by atoms with Crippen LogP contribution < -0.4 is 19.2 Å². The van der Waals surface area contributed by atoms with Crippen molar-refractivity contribution in [2.24, 2.45) is 5.10 Å². The van der Waals surface area contributed by atoms with Gasteiger partial charge in [0.25, 0.3) is 10.0 Å². The number of hydrazone groups is 1. The van der Waals surface area contributed by atoms with Crippen molar-refractivity contribution in [3.05, 3.63) is 114 Å². The van der Waals surface area contributed by atoms with Crippen molar-refractivity contribution in [2.75, 3.05) is 30.0 Å². The van der Waals surface area contributed by atoms with Gasteiger partial charge < -0.3 is 9.47 Å². The zero-order valence-corrected chi connectivity index (χ0v) is 20.5. The highest BCUT2D eigenvalue weighted by Gasteiger charge is 2.23. The average Bonchev–Trinajstić information content (AvgIpc) is 2.94. The van der Waals surface area contributed by atoms with Crippen molar-refractivity contribution in [3.63, 3.8) is 0 Å². The maximum atomic E-state index is 13.4. The number of benzene rings is 4. The van der Waals surface area contributed by atoms with Crippen LogP contribution in [0.25, 0.3) is 0 Å². The van der Waals surface area contributed by atoms with Gasteiger partial charge in [-0.05, 0) is 30.3 Å². The van der Waals surface area contributed by atoms with E-state index in [0.717, 1.165) is 16.8 Å². The van der Waals surface area contributed by atoms with Crippen molar-refractivity contribution in [1.82, 2.24) is 0 Å². The molecule has 1 aliphatic heterocycles. The van der Waals surface area contributed by atoms with Crippen LogP contribution in [0, 0.1) is 0 Å². The van der Waals surface area contributed by atoms with Crippen LogP contribution in [0.5, 0.6) is 11.5 Å². The van der Waals surface area contributed by atoms with Crippen molar-refractivity contribution < 1.29 is 17.9 Å². The highest BCUT2D eigenvalue weighted by molar-refractivity contribution is 7.92. The summed E-state index contributed by atoms with van der Waals surface area (Å²) < 4.78 is 39.2. The Morgan fingerprint density at radius 1 is 0.778 bits per heavy atom. The maximum Gasteiger partial charge on any atom is 0.264 e. The van der Waals surface area contributed by atoms with E-state index >= 15 is 0 Å². The molecule has 5 rings (SSSR count). The summed E-state index contributed by atoms with van der Waals surface area (Å²) in [5.74, 6) is 1.13. The lowest BCUT2D eigenvalue weighted by Crippen LogP contribution is -2.27. The van der Waals surface area contributed by atoms with Crippen LogP contribution in [0.3, 0.4) is 0 Å². The third kappa shape index (κ3) is 4.89. The summed E-state index contributed by atoms with van der Waals surface area (Å²) in [6.45, 7) is 0.897. The number of ether oxygens (including phenoxy) is 2. The Morgan fingerprint density at radius 2 is 1.42 bits per heavy atom. The minimum atomic E-state index is -3.84. The molecule has 1 aliphatic rings. The normalized spacial score (nSPS) is 12.5. The molecular weight excluding hydrogens is 474 g/mol. The summed E-state index contributed by atoms with van der Waals surface area (Å²) in [6, 6.07) is 31.3. The predicted molar refractivity (Wildman–Crippen MR) is 142 cm³/mol. The van der Waals surface area contributed by atoms with Gasteiger partial charge in [-0.2, -0.15) is 5.10 Å². The summed E-state index contributed by atoms with van der Waals surface area (Å²) in [5.41, 5.74) is 6.71. The van der Waals surface area contributed by atoms with E-state index < -0.39 is 10.0 Å². The summed E-state index contributed by atoms with van der Waals surface area (Å²) in [7, 11) is -2.32. The van der Waals surface area contributed by atoms with Gasteiger partial charge in [-0.25, -0.2) is 8.42 Å². The fourth-order valence-corrected chi connectivity index (χ4v) is 5.09. The van der Waals surface area contributed by atoms with E-state index in [0.29, 0.717) is 36.1 Å². The first kappa shape index (κ1) is 23.4. The maximum absolute atomic E-state index is 13.4. The first-order valence-electron chi connectivity index (χ1n) is 11.5. The van der Waals surface area contributed by atoms with Gasteiger partial charge in [0.15, 0.2) is 11.5 Å². The highest BCUT2D eigenvalue weighted by Crippen LogP contribution is 2.35. The zero-order valence-electron chi connectivity index (χ0n) is 19.7. The Labute approximate surface area is 210 Å². The number of nitrogens with one attached hydrogen (secondary N) is 1. The van der Waals surface area contributed by atoms with E-state index in [4.69, 9.17) is 9.47 Å². The fraction of sp³-hybridized carbons (Fsp3) is 0.107. The van der Waals surface area contributed by atoms with Gasteiger partial charge >= 0.3 is 0 Å². The van der Waals surface area contributed by atoms with Crippen LogP contribution in [-0.4, -0.2) is 34.4 Å². The third-order valence-electron chi connectivity index (χ3n) is 5.77. The summed E-state index contributed by atoms with van der Waals surface area (Å²) in [6.07, 6.45) is 0. The number of sulfonamides is 1. The fourth-order valence-electron chi connectivity index (χ4n) is 3.86. The molecule has 7 nitrogen and oxygen atoms in total. The van der Waals surface area contributed by atoms with Gasteiger partial charge in [0, 0.05) is 24.2 Å². The Bertz CT molecular complexity index is 1450. The quantitative estimate of drug-likeness (QED) is 0.281. The standard InChI is InChI=1S/C28H25N3O4S/c1-31(24-15-16-26-27(20-24)35-18-17-34-26)36(32,33)25-14-8-13-23(19-25)29-30-28(21-9-4-2-5-10-21)22-11-6-3-7-12-22/h2-16,19-20,29H,17-18H2,1H3. The number of fused-ring (bicyclic) bond motifs is 1. The smallest absolute Gasteiger partial charge is 0.264 e. The second-order valence-electron chi connectivity index (χ2n) is 8.13. The van der Waals surface area contributed by atoms with Gasteiger partial charge in [0.2, 0.25) is 0 Å². The lowest BCUT2D eigenvalue weighted by atomic mass is 10.0. The van der Waals surface area contributed by atoms with Crippen molar-refractivity contribution in [3.8, 4) is 11.5 Å². The molecule has 0 saturated heterocycles. The molecule has 0 fully saturated rings. The van der Waals surface area contributed by atoms with Crippen molar-refractivity contribution >= 4 is 27.1 Å². The number of rotatable bonds is 7. The van der Waals surface area contributed by atoms with E-state index in [2.05, 4.69) is 10.5 Å². The van der Waals surface area contributed by atoms with E-state index in [-0.39, 0.29) is 4.90 Å². The van der Waals surface area contributed by atoms with E-state index in [1.165, 1.54) is 11.4 Å². The summed E-state index contributed by atoms with van der Waals surface area (Å²) >= 11 is 0. The van der Waals surface area contributed by atoms with Crippen LogP contribution in [-0.2, 0) is 10.0 Å². The van der Waals surface area contributed by atoms with Gasteiger partial charge in [-0.1, -0.05) is 66.7 Å². The second-order valence-corrected chi connectivity index (χ2v) is 10.1. The molecule has 1 heterocycles. The van der Waals surface area contributed by atoms with Crippen LogP contribution in [0.4, 0.5) is 11.4 Å². The van der Waals surface area contributed by atoms with Gasteiger partial charge in [-0.3, -0.25) is 9.73 Å². The molecule has 4 aromatic rings. The average molecular weight is 500 g/mol. The molecule has 0 atom stereocenters. The molecule has 0 bridgehead atoms. The van der Waals surface area contributed by atoms with Crippen LogP contribution in [0.2, 0.25) is 0 Å². The van der Waals surface area contributed by atoms with Crippen LogP contribution >= 0.6 is 0 Å². The first-order valence-corrected chi connectivity index (χ1v) is 12.9. The molecule has 0 aliphatic carbocycles. The largest absolute Gasteiger partial charge is 0.486 e. The molecule has 0 aromatic heterocycles. The molecule has 0 unspecified atom stereocenters. The van der Waals surface area contributed by atoms with Gasteiger partial charge in [0.05, 0.1) is 22.0 Å². The van der Waals surface area contributed by atoms with Crippen molar-refractivity contribution in [2.45, 2.75) is 4.90 Å². The van der Waals surface area contributed by atoms with Gasteiger partial charge in [-0.15, -0.1) is 0 Å². The lowest BCUT2D eigenvalue weighted by molar-refractivity contribution is 0.171. The minimum absolute atomic E-state index is 0.140. The lowest BCUT2D eigenvalue weighted by Gasteiger charge is -2.23. The van der Waals surface area contributed by atoms with E-state index in [1.54, 1.807) is 42.5 Å². The molecule has 0 radical (unpaired) electrons. The number of anilines is 2. The molecular formula is C28H25N3O4S. The first-order chi connectivity index (χ1) is 17.5. The Balaban J connectivity index is 1.43. The monoisotopic (exact) mass is 499 g/mol.